The maximum Gasteiger partial charge on any atom is 0.268 e. The fraction of sp³-hybridized carbons (Fsp3) is 0.222. The molecule has 0 radical (unpaired) electrons. The molecule has 2 aromatic carbocycles. The van der Waals surface area contributed by atoms with Gasteiger partial charge in [-0.2, -0.15) is 0 Å². The maximum absolute atomic E-state index is 12.9. The highest BCUT2D eigenvalue weighted by Gasteiger charge is 2.32. The second-order valence-electron chi connectivity index (χ2n) is 5.43. The number of ether oxygens (including phenoxy) is 1. The smallest absolute Gasteiger partial charge is 0.268 e. The van der Waals surface area contributed by atoms with Gasteiger partial charge in [0.25, 0.3) is 5.91 Å². The summed E-state index contributed by atoms with van der Waals surface area (Å²) in [6.07, 6.45) is -0.256. The number of nitrogens with one attached hydrogen (secondary N) is 1. The van der Waals surface area contributed by atoms with E-state index in [1.807, 2.05) is 19.1 Å². The monoisotopic (exact) mass is 344 g/mol. The van der Waals surface area contributed by atoms with Crippen molar-refractivity contribution in [2.24, 2.45) is 0 Å². The number of amides is 2. The Morgan fingerprint density at radius 2 is 1.96 bits per heavy atom. The van der Waals surface area contributed by atoms with E-state index in [-0.39, 0.29) is 18.4 Å². The van der Waals surface area contributed by atoms with E-state index in [0.29, 0.717) is 28.6 Å². The van der Waals surface area contributed by atoms with Gasteiger partial charge in [0.2, 0.25) is 5.91 Å². The number of para-hydroxylation sites is 3. The molecular formula is C18H17ClN2O3. The van der Waals surface area contributed by atoms with Crippen LogP contribution in [0.3, 0.4) is 0 Å². The number of hydrogen-bond acceptors (Lipinski definition) is 3. The van der Waals surface area contributed by atoms with E-state index in [4.69, 9.17) is 16.3 Å². The third kappa shape index (κ3) is 3.21. The molecule has 2 aromatic rings. The minimum absolute atomic E-state index is 0.0295. The van der Waals surface area contributed by atoms with Gasteiger partial charge in [-0.1, -0.05) is 42.8 Å². The summed E-state index contributed by atoms with van der Waals surface area (Å²) in [5.74, 6) is -0.0384. The van der Waals surface area contributed by atoms with Gasteiger partial charge in [-0.05, 0) is 30.7 Å². The van der Waals surface area contributed by atoms with Crippen molar-refractivity contribution in [3.63, 3.8) is 0 Å². The Hall–Kier alpha value is -2.53. The van der Waals surface area contributed by atoms with E-state index >= 15 is 0 Å². The minimum Gasteiger partial charge on any atom is -0.479 e. The third-order valence-electron chi connectivity index (χ3n) is 3.79. The van der Waals surface area contributed by atoms with Crippen LogP contribution in [-0.2, 0) is 9.59 Å². The van der Waals surface area contributed by atoms with Crippen LogP contribution in [0.15, 0.2) is 48.5 Å². The van der Waals surface area contributed by atoms with E-state index < -0.39 is 6.10 Å². The SMILES string of the molecule is CC[C@H](Oc1ccccc1Cl)C(=O)N1CC(=O)Nc2ccccc21. The lowest BCUT2D eigenvalue weighted by Crippen LogP contribution is -2.48. The Kier molecular flexibility index (Phi) is 4.71. The van der Waals surface area contributed by atoms with Gasteiger partial charge in [-0.3, -0.25) is 14.5 Å². The largest absolute Gasteiger partial charge is 0.479 e. The second-order valence-corrected chi connectivity index (χ2v) is 5.84. The van der Waals surface area contributed by atoms with Crippen LogP contribution in [0.4, 0.5) is 11.4 Å². The van der Waals surface area contributed by atoms with Gasteiger partial charge in [0.05, 0.1) is 16.4 Å². The number of halogens is 1. The molecule has 0 aliphatic carbocycles. The number of benzene rings is 2. The number of nitrogens with zero attached hydrogens (tertiary/aromatic N) is 1. The van der Waals surface area contributed by atoms with Crippen LogP contribution >= 0.6 is 11.6 Å². The lowest BCUT2D eigenvalue weighted by atomic mass is 10.1. The third-order valence-corrected chi connectivity index (χ3v) is 4.10. The average Bonchev–Trinajstić information content (AvgIpc) is 2.59. The van der Waals surface area contributed by atoms with Crippen molar-refractivity contribution in [2.45, 2.75) is 19.4 Å². The summed E-state index contributed by atoms with van der Waals surface area (Å²) in [5.41, 5.74) is 1.29. The van der Waals surface area contributed by atoms with Gasteiger partial charge >= 0.3 is 0 Å². The summed E-state index contributed by atoms with van der Waals surface area (Å²) in [6, 6.07) is 14.2. The molecule has 3 rings (SSSR count). The lowest BCUT2D eigenvalue weighted by molar-refractivity contribution is -0.127. The summed E-state index contributed by atoms with van der Waals surface area (Å²) in [5, 5.41) is 3.21. The normalized spacial score (nSPS) is 14.6. The van der Waals surface area contributed by atoms with Gasteiger partial charge in [-0.25, -0.2) is 0 Å². The Balaban J connectivity index is 1.87. The zero-order valence-electron chi connectivity index (χ0n) is 13.2. The molecule has 0 saturated heterocycles. The van der Waals surface area contributed by atoms with Crippen molar-refractivity contribution < 1.29 is 14.3 Å². The molecule has 0 spiro atoms. The molecule has 0 saturated carbocycles. The quantitative estimate of drug-likeness (QED) is 0.923. The molecule has 2 amide bonds. The minimum atomic E-state index is -0.719. The molecule has 0 fully saturated rings. The average molecular weight is 345 g/mol. The fourth-order valence-electron chi connectivity index (χ4n) is 2.61. The number of hydrogen-bond donors (Lipinski definition) is 1. The Morgan fingerprint density at radius 1 is 1.25 bits per heavy atom. The van der Waals surface area contributed by atoms with Crippen LogP contribution < -0.4 is 15.0 Å². The topological polar surface area (TPSA) is 58.6 Å². The molecule has 24 heavy (non-hydrogen) atoms. The Labute approximate surface area is 145 Å². The van der Waals surface area contributed by atoms with Crippen LogP contribution in [0.25, 0.3) is 0 Å². The first kappa shape index (κ1) is 16.3. The van der Waals surface area contributed by atoms with Crippen LogP contribution in [0, 0.1) is 0 Å². The molecule has 124 valence electrons. The standard InChI is InChI=1S/C18H17ClN2O3/c1-2-15(24-16-10-6-3-7-12(16)19)18(23)21-11-17(22)20-13-8-4-5-9-14(13)21/h3-10,15H,2,11H2,1H3,(H,20,22)/t15-/m0/s1. The highest BCUT2D eigenvalue weighted by Crippen LogP contribution is 2.31. The number of anilines is 2. The first-order valence-electron chi connectivity index (χ1n) is 7.71. The van der Waals surface area contributed by atoms with Crippen LogP contribution in [-0.4, -0.2) is 24.5 Å². The molecule has 1 aliphatic rings. The van der Waals surface area contributed by atoms with E-state index in [2.05, 4.69) is 5.32 Å². The summed E-state index contributed by atoms with van der Waals surface area (Å²) in [6.45, 7) is 1.83. The molecule has 0 aromatic heterocycles. The van der Waals surface area contributed by atoms with Gasteiger partial charge in [-0.15, -0.1) is 0 Å². The number of rotatable bonds is 4. The van der Waals surface area contributed by atoms with Crippen molar-refractivity contribution in [1.82, 2.24) is 0 Å². The number of carbonyl (C=O) groups is 2. The van der Waals surface area contributed by atoms with Crippen molar-refractivity contribution in [3.05, 3.63) is 53.6 Å². The fourth-order valence-corrected chi connectivity index (χ4v) is 2.79. The Bertz CT molecular complexity index is 778. The lowest BCUT2D eigenvalue weighted by Gasteiger charge is -2.31. The zero-order valence-corrected chi connectivity index (χ0v) is 13.9. The van der Waals surface area contributed by atoms with Crippen molar-refractivity contribution >= 4 is 34.8 Å². The van der Waals surface area contributed by atoms with Crippen LogP contribution in [0.2, 0.25) is 5.02 Å². The van der Waals surface area contributed by atoms with E-state index in [0.717, 1.165) is 0 Å². The predicted octanol–water partition coefficient (Wildman–Crippen LogP) is 3.48. The van der Waals surface area contributed by atoms with Crippen molar-refractivity contribution in [1.29, 1.82) is 0 Å². The summed E-state index contributed by atoms with van der Waals surface area (Å²) in [7, 11) is 0. The van der Waals surface area contributed by atoms with Gasteiger partial charge in [0, 0.05) is 0 Å². The van der Waals surface area contributed by atoms with Crippen LogP contribution in [0.1, 0.15) is 13.3 Å². The first-order chi connectivity index (χ1) is 11.6. The van der Waals surface area contributed by atoms with E-state index in [9.17, 15) is 9.59 Å². The second kappa shape index (κ2) is 6.93. The van der Waals surface area contributed by atoms with Gasteiger partial charge in [0.15, 0.2) is 6.10 Å². The molecular weight excluding hydrogens is 328 g/mol. The highest BCUT2D eigenvalue weighted by molar-refractivity contribution is 6.32. The van der Waals surface area contributed by atoms with E-state index in [1.54, 1.807) is 36.4 Å². The summed E-state index contributed by atoms with van der Waals surface area (Å²) < 4.78 is 5.80. The molecule has 6 heteroatoms. The molecule has 0 bridgehead atoms. The molecule has 1 N–H and O–H groups in total. The number of fused-ring (bicyclic) bond motifs is 1. The van der Waals surface area contributed by atoms with Crippen molar-refractivity contribution in [2.75, 3.05) is 16.8 Å². The van der Waals surface area contributed by atoms with Gasteiger partial charge in [0.1, 0.15) is 12.3 Å². The van der Waals surface area contributed by atoms with E-state index in [1.165, 1.54) is 4.90 Å². The molecule has 5 nitrogen and oxygen atoms in total. The summed E-state index contributed by atoms with van der Waals surface area (Å²) >= 11 is 6.11. The van der Waals surface area contributed by atoms with Crippen LogP contribution in [0.5, 0.6) is 5.75 Å². The Morgan fingerprint density at radius 3 is 2.71 bits per heavy atom. The number of carbonyl (C=O) groups excluding carboxylic acids is 2. The van der Waals surface area contributed by atoms with Gasteiger partial charge < -0.3 is 10.1 Å². The predicted molar refractivity (Wildman–Crippen MR) is 93.6 cm³/mol. The zero-order chi connectivity index (χ0) is 17.1. The molecule has 1 atom stereocenters. The molecule has 1 aliphatic heterocycles. The first-order valence-corrected chi connectivity index (χ1v) is 8.09. The van der Waals surface area contributed by atoms with Crippen molar-refractivity contribution in [3.8, 4) is 5.75 Å². The summed E-state index contributed by atoms with van der Waals surface area (Å²) in [4.78, 5) is 26.3. The highest BCUT2D eigenvalue weighted by atomic mass is 35.5. The maximum atomic E-state index is 12.9. The molecule has 0 unspecified atom stereocenters. The molecule has 1 heterocycles.